The molecule has 4 atom stereocenters. The second-order valence-electron chi connectivity index (χ2n) is 7.12. The number of halogens is 1. The Morgan fingerprint density at radius 1 is 1.11 bits per heavy atom. The van der Waals surface area contributed by atoms with Crippen LogP contribution >= 0.6 is 11.6 Å². The van der Waals surface area contributed by atoms with Gasteiger partial charge in [0.25, 0.3) is 0 Å². The minimum atomic E-state index is -1.04. The molecule has 1 saturated heterocycles. The average molecular weight is 402 g/mol. The number of amides is 1. The summed E-state index contributed by atoms with van der Waals surface area (Å²) in [6.45, 7) is 2.00. The largest absolute Gasteiger partial charge is 0.480 e. The Morgan fingerprint density at radius 3 is 2.43 bits per heavy atom. The number of carboxylic acid groups (broad SMARTS) is 1. The molecule has 1 aliphatic heterocycles. The van der Waals surface area contributed by atoms with Gasteiger partial charge in [-0.1, -0.05) is 54.1 Å². The maximum atomic E-state index is 12.6. The van der Waals surface area contributed by atoms with Crippen LogP contribution in [0.2, 0.25) is 5.02 Å². The molecule has 0 saturated carbocycles. The molecule has 4 N–H and O–H groups in total. The summed E-state index contributed by atoms with van der Waals surface area (Å²) in [4.78, 5) is 24.2. The van der Waals surface area contributed by atoms with Crippen molar-refractivity contribution < 1.29 is 14.7 Å². The molecule has 0 bridgehead atoms. The van der Waals surface area contributed by atoms with E-state index in [1.54, 1.807) is 0 Å². The second kappa shape index (κ2) is 9.19. The molecule has 1 aliphatic rings. The number of carboxylic acids is 1. The van der Waals surface area contributed by atoms with Crippen LogP contribution in [0.15, 0.2) is 54.6 Å². The fourth-order valence-electron chi connectivity index (χ4n) is 3.54. The fraction of sp³-hybridized carbons (Fsp3) is 0.333. The maximum absolute atomic E-state index is 12.6. The Kier molecular flexibility index (Phi) is 6.67. The van der Waals surface area contributed by atoms with E-state index in [0.717, 1.165) is 11.1 Å². The third-order valence-corrected chi connectivity index (χ3v) is 5.36. The summed E-state index contributed by atoms with van der Waals surface area (Å²) in [7, 11) is 0. The van der Waals surface area contributed by atoms with Gasteiger partial charge in [-0.2, -0.15) is 0 Å². The molecule has 2 aromatic rings. The van der Waals surface area contributed by atoms with E-state index in [1.807, 2.05) is 61.5 Å². The highest BCUT2D eigenvalue weighted by Gasteiger charge is 2.36. The van der Waals surface area contributed by atoms with Crippen LogP contribution in [-0.4, -0.2) is 29.1 Å². The molecule has 3 unspecified atom stereocenters. The highest BCUT2D eigenvalue weighted by molar-refractivity contribution is 6.30. The lowest BCUT2D eigenvalue weighted by Crippen LogP contribution is -2.43. The third kappa shape index (κ3) is 5.10. The van der Waals surface area contributed by atoms with E-state index in [4.69, 9.17) is 11.6 Å². The molecule has 0 aromatic heterocycles. The molecule has 0 aliphatic carbocycles. The number of hydrazine groups is 1. The Balaban J connectivity index is 1.65. The van der Waals surface area contributed by atoms with Crippen molar-refractivity contribution in [3.8, 4) is 0 Å². The minimum Gasteiger partial charge on any atom is -0.480 e. The summed E-state index contributed by atoms with van der Waals surface area (Å²) in [6, 6.07) is 15.8. The Morgan fingerprint density at radius 2 is 1.79 bits per heavy atom. The first-order chi connectivity index (χ1) is 13.4. The smallest absolute Gasteiger partial charge is 0.326 e. The number of carbonyl (C=O) groups is 2. The first-order valence-corrected chi connectivity index (χ1v) is 9.64. The molecule has 0 spiro atoms. The number of carbonyl (C=O) groups excluding carboxylic acids is 1. The first kappa shape index (κ1) is 20.3. The predicted molar refractivity (Wildman–Crippen MR) is 108 cm³/mol. The van der Waals surface area contributed by atoms with E-state index in [-0.39, 0.29) is 36.8 Å². The van der Waals surface area contributed by atoms with Crippen LogP contribution in [0.3, 0.4) is 0 Å². The van der Waals surface area contributed by atoms with Crippen molar-refractivity contribution in [3.05, 3.63) is 70.7 Å². The summed E-state index contributed by atoms with van der Waals surface area (Å²) < 4.78 is 0. The van der Waals surface area contributed by atoms with Gasteiger partial charge in [-0.3, -0.25) is 10.2 Å². The molecule has 28 heavy (non-hydrogen) atoms. The maximum Gasteiger partial charge on any atom is 0.326 e. The van der Waals surface area contributed by atoms with Crippen molar-refractivity contribution in [3.63, 3.8) is 0 Å². The van der Waals surface area contributed by atoms with Gasteiger partial charge in [0.2, 0.25) is 5.91 Å². The van der Waals surface area contributed by atoms with Crippen LogP contribution in [-0.2, 0) is 16.0 Å². The van der Waals surface area contributed by atoms with E-state index < -0.39 is 12.0 Å². The monoisotopic (exact) mass is 401 g/mol. The van der Waals surface area contributed by atoms with Crippen molar-refractivity contribution in [1.29, 1.82) is 0 Å². The van der Waals surface area contributed by atoms with Crippen molar-refractivity contribution in [1.82, 2.24) is 16.2 Å². The topological polar surface area (TPSA) is 90.5 Å². The zero-order valence-electron chi connectivity index (χ0n) is 15.6. The lowest BCUT2D eigenvalue weighted by molar-refractivity contribution is -0.141. The van der Waals surface area contributed by atoms with Crippen LogP contribution in [0.4, 0.5) is 0 Å². The van der Waals surface area contributed by atoms with Gasteiger partial charge in [-0.15, -0.1) is 0 Å². The number of hydrogen-bond donors (Lipinski definition) is 4. The molecule has 7 heteroatoms. The number of aliphatic carboxylic acids is 1. The number of hydrogen-bond acceptors (Lipinski definition) is 4. The second-order valence-corrected chi connectivity index (χ2v) is 7.56. The molecular weight excluding hydrogens is 378 g/mol. The summed E-state index contributed by atoms with van der Waals surface area (Å²) >= 11 is 5.97. The fourth-order valence-corrected chi connectivity index (χ4v) is 3.66. The molecule has 2 aromatic carbocycles. The molecule has 148 valence electrons. The molecule has 1 heterocycles. The van der Waals surface area contributed by atoms with Crippen LogP contribution in [0.1, 0.15) is 30.5 Å². The van der Waals surface area contributed by atoms with Crippen LogP contribution in [0, 0.1) is 5.92 Å². The molecular formula is C21H24ClN3O3. The lowest BCUT2D eigenvalue weighted by atomic mass is 9.87. The molecule has 1 amide bonds. The molecule has 0 radical (unpaired) electrons. The molecule has 1 fully saturated rings. The van der Waals surface area contributed by atoms with Crippen LogP contribution in [0.5, 0.6) is 0 Å². The van der Waals surface area contributed by atoms with Crippen molar-refractivity contribution in [2.75, 3.05) is 0 Å². The number of rotatable bonds is 7. The van der Waals surface area contributed by atoms with Crippen LogP contribution in [0.25, 0.3) is 0 Å². The van der Waals surface area contributed by atoms with Gasteiger partial charge < -0.3 is 10.4 Å². The van der Waals surface area contributed by atoms with Gasteiger partial charge in [0.05, 0.1) is 6.04 Å². The van der Waals surface area contributed by atoms with Gasteiger partial charge in [0, 0.05) is 29.8 Å². The van der Waals surface area contributed by atoms with E-state index in [9.17, 15) is 14.7 Å². The highest BCUT2D eigenvalue weighted by Crippen LogP contribution is 2.31. The van der Waals surface area contributed by atoms with Gasteiger partial charge in [0.15, 0.2) is 0 Å². The standard InChI is InChI=1S/C21H24ClN3O3/c1-13-17(20(25-24-13)15-7-9-16(22)10-8-15)12-19(26)23-18(21(27)28)11-14-5-3-2-4-6-14/h2-10,13,17-18,20,24-25H,11-12H2,1H3,(H,23,26)(H,27,28)/t13?,17?,18-,20?/m0/s1. The Labute approximate surface area is 169 Å². The predicted octanol–water partition coefficient (Wildman–Crippen LogP) is 2.70. The normalized spacial score (nSPS) is 22.6. The van der Waals surface area contributed by atoms with Gasteiger partial charge in [-0.05, 0) is 30.2 Å². The van der Waals surface area contributed by atoms with Gasteiger partial charge >= 0.3 is 5.97 Å². The zero-order chi connectivity index (χ0) is 20.1. The summed E-state index contributed by atoms with van der Waals surface area (Å²) in [5.74, 6) is -1.33. The lowest BCUT2D eigenvalue weighted by Gasteiger charge is -2.22. The van der Waals surface area contributed by atoms with Crippen molar-refractivity contribution in [2.45, 2.75) is 37.9 Å². The molecule has 6 nitrogen and oxygen atoms in total. The van der Waals surface area contributed by atoms with Gasteiger partial charge in [0.1, 0.15) is 6.04 Å². The van der Waals surface area contributed by atoms with Crippen molar-refractivity contribution >= 4 is 23.5 Å². The zero-order valence-corrected chi connectivity index (χ0v) is 16.3. The Bertz CT molecular complexity index is 813. The third-order valence-electron chi connectivity index (χ3n) is 5.10. The van der Waals surface area contributed by atoms with Crippen molar-refractivity contribution in [2.24, 2.45) is 5.92 Å². The van der Waals surface area contributed by atoms with E-state index >= 15 is 0 Å². The number of nitrogens with one attached hydrogen (secondary N) is 3. The van der Waals surface area contributed by atoms with Crippen LogP contribution < -0.4 is 16.2 Å². The van der Waals surface area contributed by atoms with E-state index in [1.165, 1.54) is 0 Å². The minimum absolute atomic E-state index is 0.0210. The summed E-state index contributed by atoms with van der Waals surface area (Å²) in [5, 5.41) is 12.8. The Hall–Kier alpha value is -2.41. The number of benzene rings is 2. The average Bonchev–Trinajstić information content (AvgIpc) is 3.03. The SMILES string of the molecule is CC1NNC(c2ccc(Cl)cc2)C1CC(=O)N[C@@H](Cc1ccccc1)C(=O)O. The summed E-state index contributed by atoms with van der Waals surface area (Å²) in [5.41, 5.74) is 8.29. The highest BCUT2D eigenvalue weighted by atomic mass is 35.5. The van der Waals surface area contributed by atoms with E-state index in [0.29, 0.717) is 5.02 Å². The quantitative estimate of drug-likeness (QED) is 0.572. The summed E-state index contributed by atoms with van der Waals surface area (Å²) in [6.07, 6.45) is 0.465. The first-order valence-electron chi connectivity index (χ1n) is 9.26. The van der Waals surface area contributed by atoms with Gasteiger partial charge in [-0.25, -0.2) is 10.2 Å². The van der Waals surface area contributed by atoms with E-state index in [2.05, 4.69) is 16.2 Å². The molecule has 3 rings (SSSR count).